The van der Waals surface area contributed by atoms with Crippen molar-refractivity contribution in [2.75, 3.05) is 13.2 Å². The first-order chi connectivity index (χ1) is 14.8. The van der Waals surface area contributed by atoms with E-state index in [-0.39, 0.29) is 22.7 Å². The number of hydrogen-bond donors (Lipinski definition) is 0. The van der Waals surface area contributed by atoms with Gasteiger partial charge in [-0.25, -0.2) is 0 Å². The van der Waals surface area contributed by atoms with Crippen molar-refractivity contribution in [1.82, 2.24) is 0 Å². The molecule has 0 bridgehead atoms. The Bertz CT molecular complexity index is 778. The first kappa shape index (κ1) is 21.8. The zero-order valence-corrected chi connectivity index (χ0v) is 19.7. The number of ether oxygens (including phenoxy) is 2. The quantitative estimate of drug-likeness (QED) is 0.601. The Morgan fingerprint density at radius 2 is 1.84 bits per heavy atom. The van der Waals surface area contributed by atoms with Crippen LogP contribution in [-0.4, -0.2) is 36.5 Å². The number of carbonyl (C=O) groups is 2. The van der Waals surface area contributed by atoms with Crippen LogP contribution in [0.3, 0.4) is 0 Å². The fraction of sp³-hybridized carbons (Fsp3) is 0.852. The Balaban J connectivity index is 1.44. The minimum Gasteiger partial charge on any atom is -0.379 e. The predicted octanol–water partition coefficient (Wildman–Crippen LogP) is 5.43. The summed E-state index contributed by atoms with van der Waals surface area (Å²) >= 11 is 0. The van der Waals surface area contributed by atoms with Crippen molar-refractivity contribution in [1.29, 1.82) is 0 Å². The first-order valence-corrected chi connectivity index (χ1v) is 12.8. The molecule has 4 unspecified atom stereocenters. The molecule has 1 aliphatic heterocycles. The number of carbonyl (C=O) groups excluding carboxylic acids is 2. The lowest BCUT2D eigenvalue weighted by molar-refractivity contribution is -0.195. The van der Waals surface area contributed by atoms with Gasteiger partial charge in [-0.05, 0) is 100 Å². The number of hydrogen-bond acceptors (Lipinski definition) is 4. The van der Waals surface area contributed by atoms with Gasteiger partial charge in [0, 0.05) is 18.4 Å². The second-order valence-corrected chi connectivity index (χ2v) is 11.7. The molecule has 0 aromatic rings. The fourth-order valence-corrected chi connectivity index (χ4v) is 8.66. The molecule has 0 N–H and O–H groups in total. The van der Waals surface area contributed by atoms with E-state index in [2.05, 4.69) is 13.8 Å². The lowest BCUT2D eigenvalue weighted by Gasteiger charge is -2.59. The summed E-state index contributed by atoms with van der Waals surface area (Å²) in [6.07, 6.45) is 13.3. The second-order valence-electron chi connectivity index (χ2n) is 11.7. The highest BCUT2D eigenvalue weighted by Crippen LogP contribution is 2.68. The van der Waals surface area contributed by atoms with E-state index in [4.69, 9.17) is 9.47 Å². The molecule has 4 aliphatic carbocycles. The molecule has 0 amide bonds. The fourth-order valence-electron chi connectivity index (χ4n) is 8.66. The van der Waals surface area contributed by atoms with Gasteiger partial charge in [0.25, 0.3) is 0 Å². The second kappa shape index (κ2) is 7.80. The van der Waals surface area contributed by atoms with E-state index in [1.807, 2.05) is 6.08 Å². The van der Waals surface area contributed by atoms with Crippen molar-refractivity contribution in [3.63, 3.8) is 0 Å². The topological polar surface area (TPSA) is 52.6 Å². The van der Waals surface area contributed by atoms with Crippen LogP contribution in [0.15, 0.2) is 11.6 Å². The van der Waals surface area contributed by atoms with Crippen molar-refractivity contribution in [2.24, 2.45) is 28.6 Å². The van der Waals surface area contributed by atoms with Gasteiger partial charge in [-0.2, -0.15) is 0 Å². The first-order valence-electron chi connectivity index (χ1n) is 12.8. The average Bonchev–Trinajstić information content (AvgIpc) is 2.87. The van der Waals surface area contributed by atoms with Crippen molar-refractivity contribution in [3.8, 4) is 0 Å². The van der Waals surface area contributed by atoms with E-state index < -0.39 is 5.60 Å². The smallest absolute Gasteiger partial charge is 0.162 e. The molecule has 3 saturated carbocycles. The summed E-state index contributed by atoms with van der Waals surface area (Å²) in [5.41, 5.74) is 0.848. The van der Waals surface area contributed by atoms with Gasteiger partial charge >= 0.3 is 0 Å². The molecule has 5 rings (SSSR count). The third kappa shape index (κ3) is 3.22. The molecule has 0 radical (unpaired) electrons. The molecule has 0 aromatic heterocycles. The zero-order valence-electron chi connectivity index (χ0n) is 19.7. The molecule has 31 heavy (non-hydrogen) atoms. The largest absolute Gasteiger partial charge is 0.379 e. The minimum atomic E-state index is -0.652. The molecule has 4 fully saturated rings. The van der Waals surface area contributed by atoms with E-state index in [0.717, 1.165) is 64.4 Å². The zero-order chi connectivity index (χ0) is 21.9. The van der Waals surface area contributed by atoms with Gasteiger partial charge in [0.15, 0.2) is 11.6 Å². The van der Waals surface area contributed by atoms with Crippen molar-refractivity contribution in [2.45, 2.75) is 103 Å². The highest BCUT2D eigenvalue weighted by molar-refractivity contribution is 5.91. The monoisotopic (exact) mass is 428 g/mol. The summed E-state index contributed by atoms with van der Waals surface area (Å²) in [7, 11) is 0. The molecule has 7 atom stereocenters. The van der Waals surface area contributed by atoms with E-state index >= 15 is 0 Å². The summed E-state index contributed by atoms with van der Waals surface area (Å²) in [4.78, 5) is 25.3. The number of rotatable bonds is 3. The Labute approximate surface area is 187 Å². The van der Waals surface area contributed by atoms with Gasteiger partial charge in [-0.1, -0.05) is 19.4 Å². The van der Waals surface area contributed by atoms with Crippen LogP contribution in [0.1, 0.15) is 91.4 Å². The van der Waals surface area contributed by atoms with Crippen molar-refractivity contribution in [3.05, 3.63) is 11.6 Å². The lowest BCUT2D eigenvalue weighted by Crippen LogP contribution is -2.59. The Hall–Kier alpha value is -1.00. The van der Waals surface area contributed by atoms with Crippen LogP contribution < -0.4 is 0 Å². The minimum absolute atomic E-state index is 0.0439. The molecule has 0 aromatic carbocycles. The van der Waals surface area contributed by atoms with Crippen molar-refractivity contribution < 1.29 is 19.1 Å². The highest BCUT2D eigenvalue weighted by Gasteiger charge is 2.67. The highest BCUT2D eigenvalue weighted by atomic mass is 16.6. The third-order valence-corrected chi connectivity index (χ3v) is 10.4. The normalized spacial score (nSPS) is 47.6. The molecular weight excluding hydrogens is 388 g/mol. The third-order valence-electron chi connectivity index (χ3n) is 10.4. The number of allylic oxidation sites excluding steroid dienone is 1. The molecule has 0 spiro atoms. The Kier molecular flexibility index (Phi) is 5.49. The summed E-state index contributed by atoms with van der Waals surface area (Å²) in [5, 5.41) is 0. The predicted molar refractivity (Wildman–Crippen MR) is 120 cm³/mol. The van der Waals surface area contributed by atoms with Crippen molar-refractivity contribution >= 4 is 11.6 Å². The van der Waals surface area contributed by atoms with Crippen LogP contribution in [0.25, 0.3) is 0 Å². The summed E-state index contributed by atoms with van der Waals surface area (Å²) in [6, 6.07) is 0. The summed E-state index contributed by atoms with van der Waals surface area (Å²) in [6.45, 7) is 8.01. The van der Waals surface area contributed by atoms with Crippen LogP contribution in [0.5, 0.6) is 0 Å². The molecule has 5 aliphatic rings. The number of Topliss-reactive ketones (excluding diaryl/α,β-unsaturated/α-hetero) is 1. The van der Waals surface area contributed by atoms with Gasteiger partial charge in [0.1, 0.15) is 5.60 Å². The summed E-state index contributed by atoms with van der Waals surface area (Å²) in [5.74, 6) is 2.37. The maximum Gasteiger partial charge on any atom is 0.162 e. The van der Waals surface area contributed by atoms with Crippen LogP contribution in [0.4, 0.5) is 0 Å². The summed E-state index contributed by atoms with van der Waals surface area (Å²) < 4.78 is 12.7. The Morgan fingerprint density at radius 1 is 1.03 bits per heavy atom. The van der Waals surface area contributed by atoms with Gasteiger partial charge in [0.05, 0.1) is 12.7 Å². The molecular formula is C27H40O4. The molecule has 4 nitrogen and oxygen atoms in total. The number of ketones is 2. The van der Waals surface area contributed by atoms with Gasteiger partial charge in [-0.15, -0.1) is 0 Å². The van der Waals surface area contributed by atoms with Crippen LogP contribution >= 0.6 is 0 Å². The molecule has 4 heteroatoms. The van der Waals surface area contributed by atoms with E-state index in [1.54, 1.807) is 6.92 Å². The standard InChI is InChI=1S/C27H40O4/c1-18(28)27(31-21-6-4-5-15-30-17-21)14-11-24-22-8-7-19-16-20(29)9-12-25(19,2)23(22)10-13-26(24,27)3/h16,21-24H,4-15,17H2,1-3H3/t21?,22?,23?,24?,25-,26-,27-/m0/s1. The van der Waals surface area contributed by atoms with Crippen LogP contribution in [0.2, 0.25) is 0 Å². The van der Waals surface area contributed by atoms with Crippen LogP contribution in [0, 0.1) is 28.6 Å². The van der Waals surface area contributed by atoms with Crippen LogP contribution in [-0.2, 0) is 19.1 Å². The van der Waals surface area contributed by atoms with Gasteiger partial charge < -0.3 is 9.47 Å². The molecule has 1 saturated heterocycles. The number of fused-ring (bicyclic) bond motifs is 5. The molecule has 1 heterocycles. The van der Waals surface area contributed by atoms with E-state index in [0.29, 0.717) is 36.6 Å². The average molecular weight is 429 g/mol. The van der Waals surface area contributed by atoms with Gasteiger partial charge in [0.2, 0.25) is 0 Å². The van der Waals surface area contributed by atoms with E-state index in [1.165, 1.54) is 12.0 Å². The maximum absolute atomic E-state index is 13.3. The molecule has 172 valence electrons. The Morgan fingerprint density at radius 3 is 2.65 bits per heavy atom. The maximum atomic E-state index is 13.3. The van der Waals surface area contributed by atoms with E-state index in [9.17, 15) is 9.59 Å². The van der Waals surface area contributed by atoms with Gasteiger partial charge in [-0.3, -0.25) is 9.59 Å². The SMILES string of the molecule is CC(=O)[C@@]1(OC2CCCCOC2)CCC2C3CCC4=CC(=O)CC[C@]4(C)C3CC[C@@]21C. The lowest BCUT2D eigenvalue weighted by atomic mass is 9.46.